The first kappa shape index (κ1) is 12.3. The van der Waals surface area contributed by atoms with Crippen LogP contribution in [0.15, 0.2) is 0 Å². The second-order valence-corrected chi connectivity index (χ2v) is 4.23. The minimum Gasteiger partial charge on any atom is -0.444 e. The largest absolute Gasteiger partial charge is 0.444 e. The fraction of sp³-hybridized carbons (Fsp3) is 0.900. The van der Waals surface area contributed by atoms with Crippen LogP contribution in [0.3, 0.4) is 0 Å². The Morgan fingerprint density at radius 2 is 2.08 bits per heavy atom. The van der Waals surface area contributed by atoms with Gasteiger partial charge in [-0.05, 0) is 32.6 Å². The van der Waals surface area contributed by atoms with E-state index in [0.717, 1.165) is 19.3 Å². The quantitative estimate of drug-likeness (QED) is 0.719. The van der Waals surface area contributed by atoms with Crippen molar-refractivity contribution in [2.24, 2.45) is 11.7 Å². The first-order valence-corrected chi connectivity index (χ1v) is 4.86. The van der Waals surface area contributed by atoms with E-state index in [2.05, 4.69) is 13.8 Å². The van der Waals surface area contributed by atoms with Crippen molar-refractivity contribution in [2.45, 2.75) is 52.6 Å². The molecule has 3 nitrogen and oxygen atoms in total. The predicted octanol–water partition coefficient (Wildman–Crippen LogP) is 2.69. The first-order chi connectivity index (χ1) is 5.87. The van der Waals surface area contributed by atoms with Crippen LogP contribution in [-0.2, 0) is 4.74 Å². The standard InChI is InChI=1S/C10H21NO2/c1-5-8(2)6-7-10(3,4)13-9(11)12/h8H,5-7H2,1-4H3,(H2,11,12). The van der Waals surface area contributed by atoms with Gasteiger partial charge in [-0.3, -0.25) is 0 Å². The number of ether oxygens (including phenoxy) is 1. The van der Waals surface area contributed by atoms with E-state index < -0.39 is 11.7 Å². The van der Waals surface area contributed by atoms with Crippen LogP contribution in [0.5, 0.6) is 0 Å². The minimum absolute atomic E-state index is 0.421. The summed E-state index contributed by atoms with van der Waals surface area (Å²) in [5, 5.41) is 0. The summed E-state index contributed by atoms with van der Waals surface area (Å²) in [6.07, 6.45) is 2.41. The van der Waals surface area contributed by atoms with E-state index in [1.165, 1.54) is 0 Å². The first-order valence-electron chi connectivity index (χ1n) is 4.86. The van der Waals surface area contributed by atoms with Gasteiger partial charge in [0.2, 0.25) is 0 Å². The maximum absolute atomic E-state index is 10.5. The molecular weight excluding hydrogens is 166 g/mol. The molecule has 78 valence electrons. The number of carbonyl (C=O) groups excluding carboxylic acids is 1. The van der Waals surface area contributed by atoms with Crippen LogP contribution in [0, 0.1) is 5.92 Å². The van der Waals surface area contributed by atoms with Crippen LogP contribution >= 0.6 is 0 Å². The Labute approximate surface area is 80.6 Å². The lowest BCUT2D eigenvalue weighted by Gasteiger charge is -2.25. The van der Waals surface area contributed by atoms with Crippen molar-refractivity contribution in [1.29, 1.82) is 0 Å². The summed E-state index contributed by atoms with van der Waals surface area (Å²) in [4.78, 5) is 10.5. The number of nitrogens with two attached hydrogens (primary N) is 1. The molecule has 3 heteroatoms. The summed E-state index contributed by atoms with van der Waals surface area (Å²) in [5.74, 6) is 0.677. The number of hydrogen-bond acceptors (Lipinski definition) is 2. The number of carbonyl (C=O) groups is 1. The average Bonchev–Trinajstić information content (AvgIpc) is 1.98. The van der Waals surface area contributed by atoms with Gasteiger partial charge >= 0.3 is 6.09 Å². The summed E-state index contributed by atoms with van der Waals surface area (Å²) in [6, 6.07) is 0. The summed E-state index contributed by atoms with van der Waals surface area (Å²) >= 11 is 0. The van der Waals surface area contributed by atoms with Gasteiger partial charge in [-0.25, -0.2) is 4.79 Å². The summed E-state index contributed by atoms with van der Waals surface area (Å²) in [6.45, 7) is 8.13. The van der Waals surface area contributed by atoms with Crippen molar-refractivity contribution in [3.05, 3.63) is 0 Å². The molecule has 0 aromatic carbocycles. The number of rotatable bonds is 5. The van der Waals surface area contributed by atoms with Gasteiger partial charge in [0.25, 0.3) is 0 Å². The summed E-state index contributed by atoms with van der Waals surface area (Å²) < 4.78 is 4.97. The van der Waals surface area contributed by atoms with Crippen LogP contribution < -0.4 is 5.73 Å². The minimum atomic E-state index is -0.686. The maximum Gasteiger partial charge on any atom is 0.405 e. The third-order valence-corrected chi connectivity index (χ3v) is 2.31. The Bertz CT molecular complexity index is 166. The van der Waals surface area contributed by atoms with Gasteiger partial charge in [0.1, 0.15) is 5.60 Å². The van der Waals surface area contributed by atoms with E-state index in [1.54, 1.807) is 0 Å². The lowest BCUT2D eigenvalue weighted by Crippen LogP contribution is -2.31. The molecule has 0 aliphatic rings. The second-order valence-electron chi connectivity index (χ2n) is 4.23. The smallest absolute Gasteiger partial charge is 0.405 e. The van der Waals surface area contributed by atoms with E-state index in [4.69, 9.17) is 10.5 Å². The highest BCUT2D eigenvalue weighted by atomic mass is 16.6. The van der Waals surface area contributed by atoms with Gasteiger partial charge in [0.15, 0.2) is 0 Å². The third-order valence-electron chi connectivity index (χ3n) is 2.31. The molecule has 0 heterocycles. The summed E-state index contributed by atoms with van der Waals surface area (Å²) in [7, 11) is 0. The zero-order valence-electron chi connectivity index (χ0n) is 9.09. The fourth-order valence-corrected chi connectivity index (χ4v) is 1.12. The molecule has 0 rings (SSSR count). The predicted molar refractivity (Wildman–Crippen MR) is 53.4 cm³/mol. The van der Waals surface area contributed by atoms with Gasteiger partial charge in [0.05, 0.1) is 0 Å². The lowest BCUT2D eigenvalue weighted by molar-refractivity contribution is 0.0346. The molecule has 1 atom stereocenters. The van der Waals surface area contributed by atoms with Crippen molar-refractivity contribution < 1.29 is 9.53 Å². The molecule has 0 aliphatic heterocycles. The van der Waals surface area contributed by atoms with Crippen LogP contribution in [0.25, 0.3) is 0 Å². The molecule has 0 saturated carbocycles. The highest BCUT2D eigenvalue weighted by Crippen LogP contribution is 2.21. The van der Waals surface area contributed by atoms with E-state index in [-0.39, 0.29) is 0 Å². The van der Waals surface area contributed by atoms with Gasteiger partial charge in [-0.15, -0.1) is 0 Å². The van der Waals surface area contributed by atoms with E-state index in [9.17, 15) is 4.79 Å². The van der Waals surface area contributed by atoms with Crippen LogP contribution in [0.1, 0.15) is 47.0 Å². The Kier molecular flexibility index (Phi) is 4.81. The molecule has 0 bridgehead atoms. The molecule has 0 aromatic heterocycles. The molecule has 13 heavy (non-hydrogen) atoms. The maximum atomic E-state index is 10.5. The third kappa shape index (κ3) is 6.43. The molecular formula is C10H21NO2. The van der Waals surface area contributed by atoms with Crippen molar-refractivity contribution in [1.82, 2.24) is 0 Å². The van der Waals surface area contributed by atoms with Gasteiger partial charge < -0.3 is 10.5 Å². The number of primary amides is 1. The Morgan fingerprint density at radius 1 is 1.54 bits per heavy atom. The van der Waals surface area contributed by atoms with Gasteiger partial charge in [0, 0.05) is 0 Å². The van der Waals surface area contributed by atoms with E-state index in [0.29, 0.717) is 5.92 Å². The van der Waals surface area contributed by atoms with E-state index >= 15 is 0 Å². The normalized spacial score (nSPS) is 13.8. The molecule has 0 radical (unpaired) electrons. The Hall–Kier alpha value is -0.730. The van der Waals surface area contributed by atoms with Gasteiger partial charge in [-0.2, -0.15) is 0 Å². The molecule has 0 saturated heterocycles. The van der Waals surface area contributed by atoms with Crippen molar-refractivity contribution in [2.75, 3.05) is 0 Å². The second kappa shape index (κ2) is 5.10. The molecule has 1 unspecified atom stereocenters. The Morgan fingerprint density at radius 3 is 2.46 bits per heavy atom. The van der Waals surface area contributed by atoms with E-state index in [1.807, 2.05) is 13.8 Å². The van der Waals surface area contributed by atoms with Gasteiger partial charge in [-0.1, -0.05) is 20.3 Å². The highest BCUT2D eigenvalue weighted by molar-refractivity contribution is 5.65. The SMILES string of the molecule is CCC(C)CCC(C)(C)OC(N)=O. The molecule has 0 fully saturated rings. The lowest BCUT2D eigenvalue weighted by atomic mass is 9.94. The highest BCUT2D eigenvalue weighted by Gasteiger charge is 2.21. The number of amides is 1. The average molecular weight is 187 g/mol. The van der Waals surface area contributed by atoms with Crippen molar-refractivity contribution in [3.63, 3.8) is 0 Å². The molecule has 0 spiro atoms. The molecule has 0 aromatic rings. The number of hydrogen-bond donors (Lipinski definition) is 1. The van der Waals surface area contributed by atoms with Crippen molar-refractivity contribution in [3.8, 4) is 0 Å². The monoisotopic (exact) mass is 187 g/mol. The van der Waals surface area contributed by atoms with Crippen molar-refractivity contribution >= 4 is 6.09 Å². The zero-order chi connectivity index (χ0) is 10.5. The molecule has 2 N–H and O–H groups in total. The summed E-state index contributed by atoms with van der Waals surface area (Å²) in [5.41, 5.74) is 4.53. The zero-order valence-corrected chi connectivity index (χ0v) is 9.09. The Balaban J connectivity index is 3.81. The molecule has 1 amide bonds. The van der Waals surface area contributed by atoms with Crippen LogP contribution in [-0.4, -0.2) is 11.7 Å². The van der Waals surface area contributed by atoms with Crippen LogP contribution in [0.4, 0.5) is 4.79 Å². The molecule has 0 aliphatic carbocycles. The van der Waals surface area contributed by atoms with Crippen LogP contribution in [0.2, 0.25) is 0 Å². The topological polar surface area (TPSA) is 52.3 Å². The fourth-order valence-electron chi connectivity index (χ4n) is 1.12.